The van der Waals surface area contributed by atoms with E-state index in [2.05, 4.69) is 6.92 Å². The van der Waals surface area contributed by atoms with E-state index in [9.17, 15) is 5.11 Å². The summed E-state index contributed by atoms with van der Waals surface area (Å²) < 4.78 is 0. The first-order valence-electron chi connectivity index (χ1n) is 13.1. The fraction of sp³-hybridized carbons (Fsp3) is 1.00. The molecular weight excluding hydrogens is 344 g/mol. The molecule has 0 saturated carbocycles. The van der Waals surface area contributed by atoms with Crippen molar-refractivity contribution in [1.82, 2.24) is 0 Å². The van der Waals surface area contributed by atoms with E-state index < -0.39 is 0 Å². The second-order valence-corrected chi connectivity index (χ2v) is 9.03. The molecule has 170 valence electrons. The van der Waals surface area contributed by atoms with E-state index in [0.717, 1.165) is 19.3 Å². The average Bonchev–Trinajstić information content (AvgIpc) is 2.70. The molecule has 0 saturated heterocycles. The average molecular weight is 399 g/mol. The third-order valence-electron chi connectivity index (χ3n) is 6.09. The van der Waals surface area contributed by atoms with Crippen LogP contribution < -0.4 is 0 Å². The van der Waals surface area contributed by atoms with Crippen molar-refractivity contribution in [2.24, 2.45) is 0 Å². The molecule has 2 N–H and O–H groups in total. The molecule has 0 heterocycles. The Morgan fingerprint density at radius 3 is 1.04 bits per heavy atom. The van der Waals surface area contributed by atoms with E-state index in [0.29, 0.717) is 6.61 Å². The van der Waals surface area contributed by atoms with E-state index in [1.807, 2.05) is 0 Å². The van der Waals surface area contributed by atoms with Gasteiger partial charge < -0.3 is 10.2 Å². The monoisotopic (exact) mass is 398 g/mol. The van der Waals surface area contributed by atoms with Crippen LogP contribution in [0, 0.1) is 0 Å². The maximum atomic E-state index is 10.1. The molecule has 2 nitrogen and oxygen atoms in total. The minimum atomic E-state index is -0.0440. The molecule has 28 heavy (non-hydrogen) atoms. The Morgan fingerprint density at radius 2 is 0.714 bits per heavy atom. The molecule has 0 aliphatic heterocycles. The highest BCUT2D eigenvalue weighted by molar-refractivity contribution is 4.58. The second kappa shape index (κ2) is 25.0. The molecule has 1 unspecified atom stereocenters. The minimum absolute atomic E-state index is 0.0440. The lowest BCUT2D eigenvalue weighted by molar-refractivity contribution is 0.147. The summed E-state index contributed by atoms with van der Waals surface area (Å²) in [5, 5.41) is 18.8. The smallest absolute Gasteiger partial charge is 0.0540 e. The summed E-state index contributed by atoms with van der Waals surface area (Å²) in [7, 11) is 0. The van der Waals surface area contributed by atoms with E-state index in [4.69, 9.17) is 5.11 Å². The van der Waals surface area contributed by atoms with Crippen molar-refractivity contribution in [3.63, 3.8) is 0 Å². The molecule has 0 aromatic heterocycles. The van der Waals surface area contributed by atoms with Crippen LogP contribution in [0.2, 0.25) is 0 Å². The van der Waals surface area contributed by atoms with Gasteiger partial charge in [0.2, 0.25) is 0 Å². The van der Waals surface area contributed by atoms with E-state index >= 15 is 0 Å². The number of aliphatic hydroxyl groups is 2. The fourth-order valence-corrected chi connectivity index (χ4v) is 4.09. The van der Waals surface area contributed by atoms with Gasteiger partial charge in [0.1, 0.15) is 0 Å². The summed E-state index contributed by atoms with van der Waals surface area (Å²) in [6.45, 7) is 2.63. The van der Waals surface area contributed by atoms with Gasteiger partial charge in [0.25, 0.3) is 0 Å². The molecule has 2 heteroatoms. The lowest BCUT2D eigenvalue weighted by atomic mass is 10.0. The topological polar surface area (TPSA) is 40.5 Å². The number of unbranched alkanes of at least 4 members (excludes halogenated alkanes) is 19. The SMILES string of the molecule is CCCCCCCCCCC(O)CCCCCCCCCCCCCCCO. The molecule has 1 atom stereocenters. The van der Waals surface area contributed by atoms with Crippen LogP contribution in [-0.4, -0.2) is 22.9 Å². The zero-order valence-corrected chi connectivity index (χ0v) is 19.4. The molecular formula is C26H54O2. The van der Waals surface area contributed by atoms with Gasteiger partial charge >= 0.3 is 0 Å². The van der Waals surface area contributed by atoms with Gasteiger partial charge in [-0.05, 0) is 19.3 Å². The summed E-state index contributed by atoms with van der Waals surface area (Å²) in [5.41, 5.74) is 0. The van der Waals surface area contributed by atoms with Crippen LogP contribution in [0.1, 0.15) is 155 Å². The van der Waals surface area contributed by atoms with Crippen LogP contribution in [0.15, 0.2) is 0 Å². The predicted molar refractivity (Wildman–Crippen MR) is 125 cm³/mol. The molecule has 0 amide bonds. The molecule has 0 rings (SSSR count). The maximum absolute atomic E-state index is 10.1. The molecule has 0 spiro atoms. The zero-order chi connectivity index (χ0) is 20.5. The third kappa shape index (κ3) is 24.0. The molecule has 0 aromatic carbocycles. The van der Waals surface area contributed by atoms with Crippen LogP contribution in [0.25, 0.3) is 0 Å². The molecule has 0 aliphatic carbocycles. The van der Waals surface area contributed by atoms with Crippen molar-refractivity contribution in [2.45, 2.75) is 161 Å². The quantitative estimate of drug-likeness (QED) is 0.160. The Hall–Kier alpha value is -0.0800. The largest absolute Gasteiger partial charge is 0.396 e. The summed E-state index contributed by atoms with van der Waals surface area (Å²) in [5.74, 6) is 0. The number of rotatable bonds is 24. The summed E-state index contributed by atoms with van der Waals surface area (Å²) >= 11 is 0. The Morgan fingerprint density at radius 1 is 0.429 bits per heavy atom. The summed E-state index contributed by atoms with van der Waals surface area (Å²) in [6.07, 6.45) is 29.9. The molecule has 0 radical (unpaired) electrons. The summed E-state index contributed by atoms with van der Waals surface area (Å²) in [4.78, 5) is 0. The fourth-order valence-electron chi connectivity index (χ4n) is 4.09. The lowest BCUT2D eigenvalue weighted by Gasteiger charge is -2.10. The van der Waals surface area contributed by atoms with Crippen LogP contribution in [0.5, 0.6) is 0 Å². The number of hydrogen-bond donors (Lipinski definition) is 2. The van der Waals surface area contributed by atoms with Gasteiger partial charge in [0.05, 0.1) is 6.10 Å². The van der Waals surface area contributed by atoms with Crippen LogP contribution in [0.4, 0.5) is 0 Å². The first-order valence-corrected chi connectivity index (χ1v) is 13.1. The standard InChI is InChI=1S/C26H54O2/c1-2-3-4-5-6-14-17-20-23-26(28)24-21-18-15-12-10-8-7-9-11-13-16-19-22-25-27/h26-28H,2-25H2,1H3. The Labute approximate surface area is 177 Å². The van der Waals surface area contributed by atoms with E-state index in [1.165, 1.54) is 128 Å². The highest BCUT2D eigenvalue weighted by Crippen LogP contribution is 2.16. The van der Waals surface area contributed by atoms with E-state index in [1.54, 1.807) is 0 Å². The van der Waals surface area contributed by atoms with Gasteiger partial charge in [-0.1, -0.05) is 135 Å². The summed E-state index contributed by atoms with van der Waals surface area (Å²) in [6, 6.07) is 0. The zero-order valence-electron chi connectivity index (χ0n) is 19.4. The number of hydrogen-bond acceptors (Lipinski definition) is 2. The Kier molecular flexibility index (Phi) is 24.9. The van der Waals surface area contributed by atoms with Gasteiger partial charge in [0, 0.05) is 6.61 Å². The Balaban J connectivity index is 3.11. The molecule has 0 bridgehead atoms. The normalized spacial score (nSPS) is 12.5. The van der Waals surface area contributed by atoms with Crippen molar-refractivity contribution in [3.8, 4) is 0 Å². The third-order valence-corrected chi connectivity index (χ3v) is 6.09. The highest BCUT2D eigenvalue weighted by atomic mass is 16.3. The minimum Gasteiger partial charge on any atom is -0.396 e. The lowest BCUT2D eigenvalue weighted by Crippen LogP contribution is -2.05. The van der Waals surface area contributed by atoms with Crippen molar-refractivity contribution in [3.05, 3.63) is 0 Å². The van der Waals surface area contributed by atoms with Gasteiger partial charge in [-0.15, -0.1) is 0 Å². The molecule has 0 fully saturated rings. The van der Waals surface area contributed by atoms with Crippen molar-refractivity contribution >= 4 is 0 Å². The van der Waals surface area contributed by atoms with Crippen molar-refractivity contribution in [2.75, 3.05) is 6.61 Å². The van der Waals surface area contributed by atoms with E-state index in [-0.39, 0.29) is 6.10 Å². The first kappa shape index (κ1) is 27.9. The first-order chi connectivity index (χ1) is 13.8. The van der Waals surface area contributed by atoms with Gasteiger partial charge in [-0.3, -0.25) is 0 Å². The van der Waals surface area contributed by atoms with Gasteiger partial charge in [-0.2, -0.15) is 0 Å². The van der Waals surface area contributed by atoms with Crippen LogP contribution in [0.3, 0.4) is 0 Å². The Bertz CT molecular complexity index is 267. The van der Waals surface area contributed by atoms with Gasteiger partial charge in [-0.25, -0.2) is 0 Å². The van der Waals surface area contributed by atoms with Crippen molar-refractivity contribution in [1.29, 1.82) is 0 Å². The van der Waals surface area contributed by atoms with Gasteiger partial charge in [0.15, 0.2) is 0 Å². The van der Waals surface area contributed by atoms with Crippen LogP contribution >= 0.6 is 0 Å². The molecule has 0 aromatic rings. The molecule has 0 aliphatic rings. The van der Waals surface area contributed by atoms with Crippen molar-refractivity contribution < 1.29 is 10.2 Å². The number of aliphatic hydroxyl groups excluding tert-OH is 2. The maximum Gasteiger partial charge on any atom is 0.0540 e. The highest BCUT2D eigenvalue weighted by Gasteiger charge is 2.03. The predicted octanol–water partition coefficient (Wildman–Crippen LogP) is 8.33. The second-order valence-electron chi connectivity index (χ2n) is 9.03. The van der Waals surface area contributed by atoms with Crippen LogP contribution in [-0.2, 0) is 0 Å².